The molecule has 0 amide bonds. The second kappa shape index (κ2) is 5.88. The molecule has 1 saturated carbocycles. The zero-order chi connectivity index (χ0) is 18.6. The number of hydrogen-bond acceptors (Lipinski definition) is 2. The van der Waals surface area contributed by atoms with Crippen LogP contribution in [0.25, 0.3) is 0 Å². The molecule has 2 atom stereocenters. The maximum Gasteiger partial charge on any atom is 0.317 e. The summed E-state index contributed by atoms with van der Waals surface area (Å²) >= 11 is 11.1. The van der Waals surface area contributed by atoms with Gasteiger partial charge in [-0.25, -0.2) is 22.0 Å². The van der Waals surface area contributed by atoms with E-state index >= 15 is 0 Å². The van der Waals surface area contributed by atoms with Crippen molar-refractivity contribution in [3.8, 4) is 0 Å². The van der Waals surface area contributed by atoms with Crippen molar-refractivity contribution in [3.05, 3.63) is 45.2 Å². The van der Waals surface area contributed by atoms with Crippen molar-refractivity contribution in [2.24, 2.45) is 11.3 Å². The highest BCUT2D eigenvalue weighted by molar-refractivity contribution is 6.55. The number of hydrogen-bond donors (Lipinski definition) is 0. The number of benzene rings is 1. The molecular weight excluding hydrogens is 378 g/mol. The highest BCUT2D eigenvalue weighted by atomic mass is 35.5. The smallest absolute Gasteiger partial charge is 0.317 e. The van der Waals surface area contributed by atoms with E-state index in [1.807, 2.05) is 0 Å². The second-order valence-corrected chi connectivity index (χ2v) is 6.91. The van der Waals surface area contributed by atoms with E-state index in [0.717, 1.165) is 13.2 Å². The van der Waals surface area contributed by atoms with Crippen molar-refractivity contribution in [3.63, 3.8) is 0 Å². The first-order valence-electron chi connectivity index (χ1n) is 6.59. The predicted molar refractivity (Wildman–Crippen MR) is 77.0 cm³/mol. The molecule has 0 radical (unpaired) electrons. The maximum atomic E-state index is 14.3. The molecule has 0 aliphatic heterocycles. The van der Waals surface area contributed by atoms with Gasteiger partial charge in [-0.3, -0.25) is 4.79 Å². The van der Waals surface area contributed by atoms with Gasteiger partial charge in [0.1, 0.15) is 9.91 Å². The second-order valence-electron chi connectivity index (χ2n) is 5.90. The van der Waals surface area contributed by atoms with Crippen molar-refractivity contribution >= 4 is 29.2 Å². The average Bonchev–Trinajstić information content (AvgIpc) is 2.98. The summed E-state index contributed by atoms with van der Waals surface area (Å²) in [6, 6.07) is 0. The fraction of sp³-hybridized carbons (Fsp3) is 0.400. The predicted octanol–water partition coefficient (Wildman–Crippen LogP) is 4.77. The Morgan fingerprint density at radius 1 is 1.00 bits per heavy atom. The van der Waals surface area contributed by atoms with Gasteiger partial charge in [0, 0.05) is 11.5 Å². The molecule has 2 rings (SSSR count). The van der Waals surface area contributed by atoms with Crippen molar-refractivity contribution in [2.75, 3.05) is 7.11 Å². The lowest BCUT2D eigenvalue weighted by molar-refractivity contribution is -0.145. The zero-order valence-corrected chi connectivity index (χ0v) is 14.1. The van der Waals surface area contributed by atoms with E-state index in [1.165, 1.54) is 13.8 Å². The first kappa shape index (κ1) is 19.0. The molecule has 1 aromatic rings. The van der Waals surface area contributed by atoms with E-state index in [1.54, 1.807) is 0 Å². The molecule has 0 heterocycles. The van der Waals surface area contributed by atoms with Gasteiger partial charge in [0.15, 0.2) is 23.3 Å². The van der Waals surface area contributed by atoms with Gasteiger partial charge in [-0.15, -0.1) is 0 Å². The molecule has 0 aromatic heterocycles. The molecule has 1 aliphatic carbocycles. The Kier molecular flexibility index (Phi) is 4.65. The van der Waals surface area contributed by atoms with Crippen LogP contribution in [-0.2, 0) is 14.9 Å². The van der Waals surface area contributed by atoms with Crippen molar-refractivity contribution < 1.29 is 31.5 Å². The summed E-state index contributed by atoms with van der Waals surface area (Å²) in [4.78, 5) is 12.3. The lowest BCUT2D eigenvalue weighted by Crippen LogP contribution is -2.32. The zero-order valence-electron chi connectivity index (χ0n) is 12.6. The average molecular weight is 389 g/mol. The third kappa shape index (κ3) is 2.24. The van der Waals surface area contributed by atoms with Crippen LogP contribution in [0.1, 0.15) is 19.4 Å². The molecule has 24 heavy (non-hydrogen) atoms. The molecule has 0 spiro atoms. The Morgan fingerprint density at radius 2 is 1.42 bits per heavy atom. The lowest BCUT2D eigenvalue weighted by Gasteiger charge is -2.20. The van der Waals surface area contributed by atoms with Gasteiger partial charge < -0.3 is 4.74 Å². The number of allylic oxidation sites excluding steroid dienone is 1. The van der Waals surface area contributed by atoms with Crippen molar-refractivity contribution in [2.45, 2.75) is 19.3 Å². The number of carbonyl (C=O) groups is 1. The van der Waals surface area contributed by atoms with E-state index in [0.29, 0.717) is 0 Å². The summed E-state index contributed by atoms with van der Waals surface area (Å²) < 4.78 is 73.3. The first-order valence-corrected chi connectivity index (χ1v) is 7.34. The Bertz CT molecular complexity index is 730. The molecule has 2 nitrogen and oxygen atoms in total. The normalized spacial score (nSPS) is 24.5. The molecule has 0 N–H and O–H groups in total. The summed E-state index contributed by atoms with van der Waals surface area (Å²) in [5, 5.41) is 0. The summed E-state index contributed by atoms with van der Waals surface area (Å²) in [6.45, 7) is 2.81. The van der Waals surface area contributed by atoms with Crippen LogP contribution < -0.4 is 0 Å². The third-order valence-electron chi connectivity index (χ3n) is 4.58. The van der Waals surface area contributed by atoms with E-state index in [9.17, 15) is 26.7 Å². The molecule has 0 saturated heterocycles. The lowest BCUT2D eigenvalue weighted by atomic mass is 9.86. The first-order chi connectivity index (χ1) is 11.0. The highest BCUT2D eigenvalue weighted by Gasteiger charge is 2.78. The molecule has 1 aromatic carbocycles. The van der Waals surface area contributed by atoms with Gasteiger partial charge >= 0.3 is 5.97 Å². The fourth-order valence-corrected chi connectivity index (χ4v) is 3.60. The van der Waals surface area contributed by atoms with Crippen LogP contribution in [0.15, 0.2) is 10.6 Å². The van der Waals surface area contributed by atoms with Crippen LogP contribution in [0.2, 0.25) is 0 Å². The van der Waals surface area contributed by atoms with Gasteiger partial charge in [0.05, 0.1) is 7.11 Å². The molecular formula is C15H11Cl2F5O2. The Labute approximate surface area is 144 Å². The maximum absolute atomic E-state index is 14.3. The fourth-order valence-electron chi connectivity index (χ4n) is 3.34. The number of carbonyl (C=O) groups excluding carboxylic acids is 1. The monoisotopic (exact) mass is 388 g/mol. The standard InChI is InChI=1S/C15H11Cl2F5O2/c1-14(2)5(4-6(16)17)15(14,13(23)24-3)7-8(18)10(20)12(22)11(21)9(7)19/h4-5H,1-3H3. The van der Waals surface area contributed by atoms with Gasteiger partial charge in [-0.1, -0.05) is 37.0 Å². The molecule has 2 unspecified atom stereocenters. The third-order valence-corrected chi connectivity index (χ3v) is 4.83. The molecule has 9 heteroatoms. The van der Waals surface area contributed by atoms with E-state index < -0.39 is 57.4 Å². The van der Waals surface area contributed by atoms with E-state index in [4.69, 9.17) is 23.2 Å². The molecule has 132 valence electrons. The van der Waals surface area contributed by atoms with Gasteiger partial charge in [-0.05, 0) is 11.5 Å². The topological polar surface area (TPSA) is 26.3 Å². The largest absolute Gasteiger partial charge is 0.468 e. The number of halogens is 7. The van der Waals surface area contributed by atoms with E-state index in [2.05, 4.69) is 4.74 Å². The minimum Gasteiger partial charge on any atom is -0.468 e. The van der Waals surface area contributed by atoms with Crippen LogP contribution in [0.4, 0.5) is 22.0 Å². The quantitative estimate of drug-likeness (QED) is 0.322. The summed E-state index contributed by atoms with van der Waals surface area (Å²) in [5.41, 5.74) is -4.67. The van der Waals surface area contributed by atoms with Gasteiger partial charge in [0.25, 0.3) is 0 Å². The van der Waals surface area contributed by atoms with Crippen LogP contribution in [-0.4, -0.2) is 13.1 Å². The number of ether oxygens (including phenoxy) is 1. The summed E-state index contributed by atoms with van der Waals surface area (Å²) in [5.74, 6) is -13.0. The summed E-state index contributed by atoms with van der Waals surface area (Å²) in [7, 11) is 0.938. The number of esters is 1. The molecule has 0 bridgehead atoms. The van der Waals surface area contributed by atoms with Crippen molar-refractivity contribution in [1.29, 1.82) is 0 Å². The minimum absolute atomic E-state index is 0.317. The van der Waals surface area contributed by atoms with Crippen LogP contribution >= 0.6 is 23.2 Å². The minimum atomic E-state index is -2.31. The SMILES string of the molecule is COC(=O)C1(c2c(F)c(F)c(F)c(F)c2F)C(C=C(Cl)Cl)C1(C)C. The Balaban J connectivity index is 2.89. The Morgan fingerprint density at radius 3 is 1.79 bits per heavy atom. The number of methoxy groups -OCH3 is 1. The van der Waals surface area contributed by atoms with Crippen LogP contribution in [0.5, 0.6) is 0 Å². The molecule has 1 fully saturated rings. The number of rotatable bonds is 3. The summed E-state index contributed by atoms with van der Waals surface area (Å²) in [6.07, 6.45) is 1.11. The van der Waals surface area contributed by atoms with Gasteiger partial charge in [0.2, 0.25) is 5.82 Å². The van der Waals surface area contributed by atoms with Crippen LogP contribution in [0.3, 0.4) is 0 Å². The van der Waals surface area contributed by atoms with E-state index in [-0.39, 0.29) is 4.49 Å². The Hall–Kier alpha value is -1.34. The van der Waals surface area contributed by atoms with Crippen LogP contribution in [0, 0.1) is 40.4 Å². The highest BCUT2D eigenvalue weighted by Crippen LogP contribution is 2.71. The van der Waals surface area contributed by atoms with Gasteiger partial charge in [-0.2, -0.15) is 0 Å². The molecule has 1 aliphatic rings. The van der Waals surface area contributed by atoms with Crippen molar-refractivity contribution in [1.82, 2.24) is 0 Å².